The van der Waals surface area contributed by atoms with E-state index in [1.165, 1.54) is 18.0 Å². The number of ether oxygens (including phenoxy) is 2. The summed E-state index contributed by atoms with van der Waals surface area (Å²) in [6.45, 7) is 1.95. The third kappa shape index (κ3) is 2.37. The zero-order chi connectivity index (χ0) is 16.6. The maximum Gasteiger partial charge on any atom is 0.261 e. The van der Waals surface area contributed by atoms with Crippen molar-refractivity contribution in [2.45, 2.75) is 6.42 Å². The molecule has 1 aromatic rings. The molecule has 8 heteroatoms. The van der Waals surface area contributed by atoms with E-state index in [1.807, 2.05) is 0 Å². The van der Waals surface area contributed by atoms with Gasteiger partial charge in [-0.15, -0.1) is 0 Å². The number of aryl methyl sites for hydroxylation is 1. The van der Waals surface area contributed by atoms with Gasteiger partial charge in [0.15, 0.2) is 0 Å². The van der Waals surface area contributed by atoms with Crippen molar-refractivity contribution >= 4 is 11.8 Å². The lowest BCUT2D eigenvalue weighted by Crippen LogP contribution is -2.49. The highest BCUT2D eigenvalue weighted by Gasteiger charge is 2.54. The van der Waals surface area contributed by atoms with Gasteiger partial charge in [-0.05, 0) is 6.42 Å². The van der Waals surface area contributed by atoms with Gasteiger partial charge in [0.25, 0.3) is 5.91 Å². The average molecular weight is 322 g/mol. The van der Waals surface area contributed by atoms with E-state index in [9.17, 15) is 9.59 Å². The van der Waals surface area contributed by atoms with Gasteiger partial charge in [0.05, 0.1) is 25.3 Å². The van der Waals surface area contributed by atoms with Gasteiger partial charge in [-0.3, -0.25) is 9.59 Å². The van der Waals surface area contributed by atoms with E-state index >= 15 is 0 Å². The lowest BCUT2D eigenvalue weighted by molar-refractivity contribution is -0.138. The van der Waals surface area contributed by atoms with Crippen LogP contribution in [0.5, 0.6) is 5.88 Å². The maximum atomic E-state index is 12.9. The Bertz CT molecular complexity index is 629. The van der Waals surface area contributed by atoms with Crippen molar-refractivity contribution in [2.24, 2.45) is 18.4 Å². The Morgan fingerprint density at radius 1 is 1.52 bits per heavy atom. The van der Waals surface area contributed by atoms with Crippen LogP contribution in [-0.4, -0.2) is 67.0 Å². The molecule has 0 aromatic carbocycles. The molecule has 0 radical (unpaired) electrons. The number of nitrogens with zero attached hydrogens (tertiary/aromatic N) is 3. The molecule has 2 amide bonds. The first-order valence-electron chi connectivity index (χ1n) is 7.68. The predicted molar refractivity (Wildman–Crippen MR) is 81.1 cm³/mol. The molecule has 0 spiro atoms. The number of rotatable bonds is 3. The molecule has 126 valence electrons. The first-order chi connectivity index (χ1) is 11.0. The molecular formula is C15H22N4O4. The largest absolute Gasteiger partial charge is 0.481 e. The molecule has 2 fully saturated rings. The van der Waals surface area contributed by atoms with Gasteiger partial charge in [0, 0.05) is 39.7 Å². The first kappa shape index (κ1) is 15.8. The summed E-state index contributed by atoms with van der Waals surface area (Å²) < 4.78 is 12.3. The smallest absolute Gasteiger partial charge is 0.261 e. The first-order valence-corrected chi connectivity index (χ1v) is 7.68. The highest BCUT2D eigenvalue weighted by molar-refractivity contribution is 5.97. The minimum absolute atomic E-state index is 0.0146. The Labute approximate surface area is 134 Å². The molecule has 2 atom stereocenters. The van der Waals surface area contributed by atoms with Gasteiger partial charge >= 0.3 is 0 Å². The topological polar surface area (TPSA) is 85.7 Å². The van der Waals surface area contributed by atoms with E-state index in [4.69, 9.17) is 9.47 Å². The Morgan fingerprint density at radius 2 is 2.30 bits per heavy atom. The molecule has 0 aliphatic carbocycles. The third-order valence-electron chi connectivity index (χ3n) is 4.98. The maximum absolute atomic E-state index is 12.9. The van der Waals surface area contributed by atoms with E-state index in [2.05, 4.69) is 10.4 Å². The molecule has 2 aliphatic rings. The molecule has 1 N–H and O–H groups in total. The fraction of sp³-hybridized carbons (Fsp3) is 0.667. The van der Waals surface area contributed by atoms with Crippen LogP contribution in [0.3, 0.4) is 0 Å². The summed E-state index contributed by atoms with van der Waals surface area (Å²) in [5.41, 5.74) is -0.139. The van der Waals surface area contributed by atoms with Gasteiger partial charge in [0.1, 0.15) is 5.56 Å². The van der Waals surface area contributed by atoms with Crippen LogP contribution in [0.2, 0.25) is 0 Å². The number of hydrogen-bond donors (Lipinski definition) is 1. The molecule has 8 nitrogen and oxygen atoms in total. The monoisotopic (exact) mass is 322 g/mol. The van der Waals surface area contributed by atoms with E-state index in [0.717, 1.165) is 0 Å². The van der Waals surface area contributed by atoms with Crippen LogP contribution >= 0.6 is 0 Å². The molecule has 2 aliphatic heterocycles. The van der Waals surface area contributed by atoms with Crippen LogP contribution in [0.15, 0.2) is 6.20 Å². The molecule has 3 heterocycles. The van der Waals surface area contributed by atoms with Crippen LogP contribution in [-0.2, 0) is 16.6 Å². The van der Waals surface area contributed by atoms with Gasteiger partial charge in [-0.25, -0.2) is 4.68 Å². The number of amides is 2. The molecule has 0 bridgehead atoms. The molecule has 23 heavy (non-hydrogen) atoms. The summed E-state index contributed by atoms with van der Waals surface area (Å²) in [7, 11) is 4.87. The molecular weight excluding hydrogens is 300 g/mol. The van der Waals surface area contributed by atoms with E-state index in [0.29, 0.717) is 44.2 Å². The summed E-state index contributed by atoms with van der Waals surface area (Å²) in [6.07, 6.45) is 2.14. The van der Waals surface area contributed by atoms with Crippen molar-refractivity contribution in [1.82, 2.24) is 20.0 Å². The Balaban J connectivity index is 1.87. The standard InChI is InChI=1S/C15H22N4O4/c1-16-14(21)15-4-5-23-8-10(15)7-19(9-15)12(20)11-6-17-18(2)13(11)22-3/h6,10H,4-5,7-9H2,1-3H3,(H,16,21)/t10-,15+/m1/s1. The predicted octanol–water partition coefficient (Wildman–Crippen LogP) is -0.347. The highest BCUT2D eigenvalue weighted by Crippen LogP contribution is 2.43. The molecule has 0 unspecified atom stereocenters. The van der Waals surface area contributed by atoms with Crippen molar-refractivity contribution in [3.63, 3.8) is 0 Å². The zero-order valence-electron chi connectivity index (χ0n) is 13.7. The van der Waals surface area contributed by atoms with Crippen molar-refractivity contribution in [2.75, 3.05) is 40.5 Å². The average Bonchev–Trinajstić information content (AvgIpc) is 3.14. The number of carbonyl (C=O) groups excluding carboxylic acids is 2. The Morgan fingerprint density at radius 3 is 3.00 bits per heavy atom. The lowest BCUT2D eigenvalue weighted by Gasteiger charge is -2.36. The number of methoxy groups -OCH3 is 1. The SMILES string of the molecule is CNC(=O)[C@]12CCOC[C@H]1CN(C(=O)c1cnn(C)c1OC)C2. The molecule has 0 saturated carbocycles. The van der Waals surface area contributed by atoms with Gasteiger partial charge in [-0.1, -0.05) is 0 Å². The number of aromatic nitrogens is 2. The number of nitrogens with one attached hydrogen (secondary N) is 1. The summed E-state index contributed by atoms with van der Waals surface area (Å²) >= 11 is 0. The summed E-state index contributed by atoms with van der Waals surface area (Å²) in [4.78, 5) is 27.0. The fourth-order valence-corrected chi connectivity index (χ4v) is 3.71. The number of fused-ring (bicyclic) bond motifs is 1. The fourth-order valence-electron chi connectivity index (χ4n) is 3.71. The van der Waals surface area contributed by atoms with Crippen LogP contribution in [0.25, 0.3) is 0 Å². The van der Waals surface area contributed by atoms with Gasteiger partial charge < -0.3 is 19.7 Å². The van der Waals surface area contributed by atoms with Crippen LogP contribution in [0, 0.1) is 11.3 Å². The normalized spacial score (nSPS) is 26.7. The highest BCUT2D eigenvalue weighted by atomic mass is 16.5. The van der Waals surface area contributed by atoms with Crippen molar-refractivity contribution < 1.29 is 19.1 Å². The summed E-state index contributed by atoms with van der Waals surface area (Å²) in [5.74, 6) is 0.268. The summed E-state index contributed by atoms with van der Waals surface area (Å²) in [6, 6.07) is 0. The Kier molecular flexibility index (Phi) is 4.01. The molecule has 1 aromatic heterocycles. The second-order valence-corrected chi connectivity index (χ2v) is 6.13. The van der Waals surface area contributed by atoms with Crippen LogP contribution in [0.1, 0.15) is 16.8 Å². The number of hydrogen-bond acceptors (Lipinski definition) is 5. The van der Waals surface area contributed by atoms with E-state index in [-0.39, 0.29) is 17.7 Å². The quantitative estimate of drug-likeness (QED) is 0.822. The second-order valence-electron chi connectivity index (χ2n) is 6.13. The molecule has 2 saturated heterocycles. The zero-order valence-corrected chi connectivity index (χ0v) is 13.7. The van der Waals surface area contributed by atoms with Crippen molar-refractivity contribution in [1.29, 1.82) is 0 Å². The molecule has 3 rings (SSSR count). The minimum atomic E-state index is -0.557. The number of likely N-dealkylation sites (tertiary alicyclic amines) is 1. The lowest BCUT2D eigenvalue weighted by atomic mass is 9.73. The third-order valence-corrected chi connectivity index (χ3v) is 4.98. The van der Waals surface area contributed by atoms with E-state index < -0.39 is 5.41 Å². The number of carbonyl (C=O) groups is 2. The second kappa shape index (κ2) is 5.84. The summed E-state index contributed by atoms with van der Waals surface area (Å²) in [5, 5.41) is 6.83. The minimum Gasteiger partial charge on any atom is -0.481 e. The van der Waals surface area contributed by atoms with Crippen LogP contribution in [0.4, 0.5) is 0 Å². The van der Waals surface area contributed by atoms with Gasteiger partial charge in [0.2, 0.25) is 11.8 Å². The van der Waals surface area contributed by atoms with Gasteiger partial charge in [-0.2, -0.15) is 5.10 Å². The van der Waals surface area contributed by atoms with Crippen LogP contribution < -0.4 is 10.1 Å². The Hall–Kier alpha value is -2.09. The van der Waals surface area contributed by atoms with Crippen molar-refractivity contribution in [3.05, 3.63) is 11.8 Å². The van der Waals surface area contributed by atoms with E-state index in [1.54, 1.807) is 19.0 Å². The van der Waals surface area contributed by atoms with Crippen molar-refractivity contribution in [3.8, 4) is 5.88 Å².